The van der Waals surface area contributed by atoms with Crippen molar-refractivity contribution in [2.45, 2.75) is 25.4 Å². The smallest absolute Gasteiger partial charge is 0.287 e. The first-order valence-electron chi connectivity index (χ1n) is 6.66. The van der Waals surface area contributed by atoms with Gasteiger partial charge in [0.05, 0.1) is 17.7 Å². The molecule has 6 heteroatoms. The standard InChI is InChI=1S/C15H13N3O3/c16-9-11-8-13(5-6-15(11)18(19)20)17(12-3-4-12)10-14-2-1-7-21-14/h1-2,5-8,12H,3-4,10H2. The zero-order valence-electron chi connectivity index (χ0n) is 11.2. The number of nitriles is 1. The average molecular weight is 283 g/mol. The number of nitro benzene ring substituents is 1. The first kappa shape index (κ1) is 13.2. The molecule has 1 heterocycles. The van der Waals surface area contributed by atoms with Gasteiger partial charge >= 0.3 is 0 Å². The molecule has 2 aromatic rings. The first-order chi connectivity index (χ1) is 10.2. The Labute approximate surface area is 121 Å². The lowest BCUT2D eigenvalue weighted by atomic mass is 10.1. The number of anilines is 1. The third kappa shape index (κ3) is 2.72. The molecule has 0 atom stereocenters. The van der Waals surface area contributed by atoms with Gasteiger partial charge in [0, 0.05) is 17.8 Å². The number of hydrogen-bond acceptors (Lipinski definition) is 5. The molecule has 1 aliphatic rings. The van der Waals surface area contributed by atoms with Gasteiger partial charge in [-0.1, -0.05) is 0 Å². The van der Waals surface area contributed by atoms with Gasteiger partial charge in [0.1, 0.15) is 17.4 Å². The lowest BCUT2D eigenvalue weighted by Crippen LogP contribution is -2.24. The van der Waals surface area contributed by atoms with Crippen molar-refractivity contribution in [1.82, 2.24) is 0 Å². The van der Waals surface area contributed by atoms with Crippen LogP contribution in [0.4, 0.5) is 11.4 Å². The van der Waals surface area contributed by atoms with Crippen LogP contribution in [-0.4, -0.2) is 11.0 Å². The molecule has 1 aromatic carbocycles. The SMILES string of the molecule is N#Cc1cc(N(Cc2ccco2)C2CC2)ccc1[N+](=O)[O-]. The molecule has 3 rings (SSSR count). The Morgan fingerprint density at radius 2 is 2.24 bits per heavy atom. The molecule has 1 aromatic heterocycles. The second-order valence-electron chi connectivity index (χ2n) is 5.01. The fourth-order valence-corrected chi connectivity index (χ4v) is 2.34. The van der Waals surface area contributed by atoms with Crippen LogP contribution in [0.5, 0.6) is 0 Å². The minimum absolute atomic E-state index is 0.0857. The van der Waals surface area contributed by atoms with Gasteiger partial charge in [0.15, 0.2) is 0 Å². The predicted octanol–water partition coefficient (Wildman–Crippen LogP) is 3.23. The van der Waals surface area contributed by atoms with Crippen molar-refractivity contribution in [3.8, 4) is 6.07 Å². The minimum atomic E-state index is -0.531. The quantitative estimate of drug-likeness (QED) is 0.621. The topological polar surface area (TPSA) is 83.3 Å². The second-order valence-corrected chi connectivity index (χ2v) is 5.01. The Hall–Kier alpha value is -2.81. The van der Waals surface area contributed by atoms with E-state index in [1.807, 2.05) is 18.2 Å². The molecule has 0 unspecified atom stereocenters. The predicted molar refractivity (Wildman–Crippen MR) is 75.7 cm³/mol. The fourth-order valence-electron chi connectivity index (χ4n) is 2.34. The van der Waals surface area contributed by atoms with Gasteiger partial charge in [0.2, 0.25) is 0 Å². The second kappa shape index (κ2) is 5.29. The lowest BCUT2D eigenvalue weighted by Gasteiger charge is -2.23. The van der Waals surface area contributed by atoms with Gasteiger partial charge in [-0.2, -0.15) is 5.26 Å². The van der Waals surface area contributed by atoms with Gasteiger partial charge in [-0.15, -0.1) is 0 Å². The summed E-state index contributed by atoms with van der Waals surface area (Å²) >= 11 is 0. The molecule has 6 nitrogen and oxygen atoms in total. The van der Waals surface area contributed by atoms with Crippen molar-refractivity contribution in [3.05, 3.63) is 58.0 Å². The van der Waals surface area contributed by atoms with Crippen LogP contribution in [0.3, 0.4) is 0 Å². The van der Waals surface area contributed by atoms with Gasteiger partial charge in [-0.3, -0.25) is 10.1 Å². The summed E-state index contributed by atoms with van der Waals surface area (Å²) in [5.74, 6) is 0.832. The van der Waals surface area contributed by atoms with Gasteiger partial charge in [-0.25, -0.2) is 0 Å². The summed E-state index contributed by atoms with van der Waals surface area (Å²) in [7, 11) is 0. The highest BCUT2D eigenvalue weighted by atomic mass is 16.6. The zero-order valence-corrected chi connectivity index (χ0v) is 11.2. The van der Waals surface area contributed by atoms with E-state index in [-0.39, 0.29) is 11.3 Å². The summed E-state index contributed by atoms with van der Waals surface area (Å²) in [5.41, 5.74) is 0.744. The minimum Gasteiger partial charge on any atom is -0.467 e. The Kier molecular flexibility index (Phi) is 3.32. The third-order valence-corrected chi connectivity index (χ3v) is 3.52. The van der Waals surface area contributed by atoms with Crippen LogP contribution >= 0.6 is 0 Å². The van der Waals surface area contributed by atoms with Crippen LogP contribution in [0.25, 0.3) is 0 Å². The molecule has 1 aliphatic carbocycles. The van der Waals surface area contributed by atoms with E-state index >= 15 is 0 Å². The van der Waals surface area contributed by atoms with E-state index in [9.17, 15) is 10.1 Å². The van der Waals surface area contributed by atoms with Crippen molar-refractivity contribution >= 4 is 11.4 Å². The molecule has 0 radical (unpaired) electrons. The highest BCUT2D eigenvalue weighted by Crippen LogP contribution is 2.35. The Balaban J connectivity index is 1.93. The third-order valence-electron chi connectivity index (χ3n) is 3.52. The van der Waals surface area contributed by atoms with Crippen molar-refractivity contribution in [1.29, 1.82) is 5.26 Å². The van der Waals surface area contributed by atoms with Crippen LogP contribution < -0.4 is 4.90 Å². The summed E-state index contributed by atoms with van der Waals surface area (Å²) in [5, 5.41) is 20.0. The lowest BCUT2D eigenvalue weighted by molar-refractivity contribution is -0.385. The van der Waals surface area contributed by atoms with Crippen LogP contribution in [0.2, 0.25) is 0 Å². The summed E-state index contributed by atoms with van der Waals surface area (Å²) in [6, 6.07) is 10.7. The molecule has 0 spiro atoms. The van der Waals surface area contributed by atoms with Crippen molar-refractivity contribution in [2.75, 3.05) is 4.90 Å². The van der Waals surface area contributed by atoms with Crippen LogP contribution in [0.15, 0.2) is 41.0 Å². The highest BCUT2D eigenvalue weighted by molar-refractivity contribution is 5.60. The molecule has 0 amide bonds. The monoisotopic (exact) mass is 283 g/mol. The number of nitro groups is 1. The Bertz CT molecular complexity index is 699. The molecule has 1 fully saturated rings. The number of rotatable bonds is 5. The van der Waals surface area contributed by atoms with E-state index in [1.54, 1.807) is 18.4 Å². The molecule has 106 valence electrons. The molecule has 21 heavy (non-hydrogen) atoms. The zero-order chi connectivity index (χ0) is 14.8. The van der Waals surface area contributed by atoms with Gasteiger partial charge < -0.3 is 9.32 Å². The molecule has 0 N–H and O–H groups in total. The molecule has 0 aliphatic heterocycles. The van der Waals surface area contributed by atoms with Gasteiger partial charge in [0.25, 0.3) is 5.69 Å². The number of hydrogen-bond donors (Lipinski definition) is 0. The first-order valence-corrected chi connectivity index (χ1v) is 6.66. The maximum atomic E-state index is 10.9. The van der Waals surface area contributed by atoms with Crippen LogP contribution in [-0.2, 0) is 6.54 Å². The normalized spacial score (nSPS) is 13.7. The van der Waals surface area contributed by atoms with E-state index < -0.39 is 4.92 Å². The van der Waals surface area contributed by atoms with Crippen molar-refractivity contribution in [2.24, 2.45) is 0 Å². The molecular weight excluding hydrogens is 270 g/mol. The van der Waals surface area contributed by atoms with Gasteiger partial charge in [-0.05, 0) is 37.1 Å². The summed E-state index contributed by atoms with van der Waals surface area (Å²) in [6.45, 7) is 0.598. The van der Waals surface area contributed by atoms with E-state index in [2.05, 4.69) is 4.90 Å². The Morgan fingerprint density at radius 1 is 1.43 bits per heavy atom. The summed E-state index contributed by atoms with van der Waals surface area (Å²) in [6.07, 6.45) is 3.79. The number of nitrogens with zero attached hydrogens (tertiary/aromatic N) is 3. The molecular formula is C15H13N3O3. The fraction of sp³-hybridized carbons (Fsp3) is 0.267. The maximum Gasteiger partial charge on any atom is 0.287 e. The van der Waals surface area contributed by atoms with E-state index in [4.69, 9.17) is 9.68 Å². The van der Waals surface area contributed by atoms with Crippen LogP contribution in [0.1, 0.15) is 24.2 Å². The summed E-state index contributed by atoms with van der Waals surface area (Å²) < 4.78 is 5.37. The number of furan rings is 1. The Morgan fingerprint density at radius 3 is 2.81 bits per heavy atom. The average Bonchev–Trinajstić information content (AvgIpc) is 3.20. The van der Waals surface area contributed by atoms with Crippen LogP contribution in [0, 0.1) is 21.4 Å². The van der Waals surface area contributed by atoms with E-state index in [0.717, 1.165) is 24.3 Å². The maximum absolute atomic E-state index is 10.9. The largest absolute Gasteiger partial charge is 0.467 e. The summed E-state index contributed by atoms with van der Waals surface area (Å²) in [4.78, 5) is 12.5. The molecule has 0 bridgehead atoms. The highest BCUT2D eigenvalue weighted by Gasteiger charge is 2.30. The van der Waals surface area contributed by atoms with E-state index in [1.165, 1.54) is 6.07 Å². The number of benzene rings is 1. The van der Waals surface area contributed by atoms with Crippen molar-refractivity contribution in [3.63, 3.8) is 0 Å². The molecule has 1 saturated carbocycles. The van der Waals surface area contributed by atoms with Crippen molar-refractivity contribution < 1.29 is 9.34 Å². The molecule has 0 saturated heterocycles. The van der Waals surface area contributed by atoms with E-state index in [0.29, 0.717) is 12.6 Å².